The number of halogens is 5. The van der Waals surface area contributed by atoms with E-state index >= 15 is 0 Å². The van der Waals surface area contributed by atoms with Gasteiger partial charge in [0.15, 0.2) is 5.82 Å². The van der Waals surface area contributed by atoms with Crippen LogP contribution in [-0.4, -0.2) is 4.98 Å². The molecule has 0 aliphatic heterocycles. The number of hydrogen-bond donors (Lipinski definition) is 0. The topological polar surface area (TPSA) is 12.9 Å². The van der Waals surface area contributed by atoms with Crippen LogP contribution in [-0.2, 0) is 6.18 Å². The van der Waals surface area contributed by atoms with Crippen LogP contribution in [0.1, 0.15) is 5.56 Å². The Hall–Kier alpha value is -1.18. The lowest BCUT2D eigenvalue weighted by Crippen LogP contribution is -2.04. The molecule has 2 aromatic rings. The van der Waals surface area contributed by atoms with E-state index in [9.17, 15) is 17.6 Å². The van der Waals surface area contributed by atoms with Gasteiger partial charge in [-0.3, -0.25) is 4.98 Å². The zero-order chi connectivity index (χ0) is 13.3. The second kappa shape index (κ2) is 4.83. The molecule has 0 spiro atoms. The third-order valence-electron chi connectivity index (χ3n) is 2.29. The second-order valence-electron chi connectivity index (χ2n) is 3.56. The average Bonchev–Trinajstić information content (AvgIpc) is 2.28. The summed E-state index contributed by atoms with van der Waals surface area (Å²) in [6.45, 7) is 0. The van der Waals surface area contributed by atoms with Gasteiger partial charge in [-0.05, 0) is 40.8 Å². The smallest absolute Gasteiger partial charge is 0.252 e. The maximum absolute atomic E-state index is 13.6. The van der Waals surface area contributed by atoms with Crippen molar-refractivity contribution in [1.82, 2.24) is 4.98 Å². The van der Waals surface area contributed by atoms with Crippen LogP contribution < -0.4 is 0 Å². The van der Waals surface area contributed by atoms with Crippen LogP contribution in [0.25, 0.3) is 11.3 Å². The summed E-state index contributed by atoms with van der Waals surface area (Å²) in [6, 6.07) is 5.52. The number of rotatable bonds is 1. The van der Waals surface area contributed by atoms with Gasteiger partial charge < -0.3 is 0 Å². The van der Waals surface area contributed by atoms with E-state index in [-0.39, 0.29) is 5.69 Å². The molecule has 1 heterocycles. The maximum atomic E-state index is 13.6. The predicted octanol–water partition coefficient (Wildman–Crippen LogP) is 4.51. The van der Waals surface area contributed by atoms with Gasteiger partial charge in [0.05, 0.1) is 5.56 Å². The summed E-state index contributed by atoms with van der Waals surface area (Å²) in [4.78, 5) is 3.88. The Balaban J connectivity index is 2.41. The first kappa shape index (κ1) is 13.3. The van der Waals surface area contributed by atoms with Gasteiger partial charge in [0, 0.05) is 15.3 Å². The third kappa shape index (κ3) is 2.80. The van der Waals surface area contributed by atoms with Gasteiger partial charge in [-0.1, -0.05) is 12.1 Å². The van der Waals surface area contributed by atoms with Crippen molar-refractivity contribution in [2.75, 3.05) is 0 Å². The predicted molar refractivity (Wildman–Crippen MR) is 67.4 cm³/mol. The van der Waals surface area contributed by atoms with Gasteiger partial charge in [-0.2, -0.15) is 13.2 Å². The lowest BCUT2D eigenvalue weighted by Gasteiger charge is -2.07. The van der Waals surface area contributed by atoms with Crippen LogP contribution in [0.4, 0.5) is 17.6 Å². The lowest BCUT2D eigenvalue weighted by atomic mass is 10.1. The van der Waals surface area contributed by atoms with Crippen molar-refractivity contribution < 1.29 is 17.6 Å². The van der Waals surface area contributed by atoms with Gasteiger partial charge in [0.25, 0.3) is 0 Å². The van der Waals surface area contributed by atoms with Crippen LogP contribution >= 0.6 is 22.6 Å². The van der Waals surface area contributed by atoms with Crippen LogP contribution in [0.2, 0.25) is 0 Å². The minimum atomic E-state index is -4.39. The fourth-order valence-electron chi connectivity index (χ4n) is 1.44. The number of pyridine rings is 1. The Kier molecular flexibility index (Phi) is 3.56. The molecule has 0 saturated heterocycles. The van der Waals surface area contributed by atoms with Crippen molar-refractivity contribution in [1.29, 1.82) is 0 Å². The number of hydrogen-bond acceptors (Lipinski definition) is 1. The van der Waals surface area contributed by atoms with Gasteiger partial charge in [-0.25, -0.2) is 4.39 Å². The summed E-state index contributed by atoms with van der Waals surface area (Å²) in [6.07, 6.45) is -2.94. The van der Waals surface area contributed by atoms with E-state index in [1.807, 2.05) is 22.6 Å². The molecule has 1 aromatic heterocycles. The van der Waals surface area contributed by atoms with Crippen molar-refractivity contribution in [2.45, 2.75) is 6.18 Å². The van der Waals surface area contributed by atoms with E-state index < -0.39 is 17.6 Å². The Labute approximate surface area is 114 Å². The molecular weight excluding hydrogens is 361 g/mol. The summed E-state index contributed by atoms with van der Waals surface area (Å²) in [5, 5.41) is 0. The fourth-order valence-corrected chi connectivity index (χ4v) is 1.86. The van der Waals surface area contributed by atoms with E-state index in [0.717, 1.165) is 12.1 Å². The lowest BCUT2D eigenvalue weighted by molar-refractivity contribution is -0.137. The molecule has 1 aromatic carbocycles. The maximum Gasteiger partial charge on any atom is 0.416 e. The highest BCUT2D eigenvalue weighted by Crippen LogP contribution is 2.31. The van der Waals surface area contributed by atoms with E-state index in [1.54, 1.807) is 0 Å². The quantitative estimate of drug-likeness (QED) is 0.534. The first-order chi connectivity index (χ1) is 8.38. The number of nitrogens with zero attached hydrogens (tertiary/aromatic N) is 1. The molecule has 0 unspecified atom stereocenters. The van der Waals surface area contributed by atoms with E-state index in [2.05, 4.69) is 4.98 Å². The van der Waals surface area contributed by atoms with Crippen molar-refractivity contribution >= 4 is 22.6 Å². The molecule has 2 rings (SSSR count). The van der Waals surface area contributed by atoms with Gasteiger partial charge in [0.1, 0.15) is 5.69 Å². The zero-order valence-corrected chi connectivity index (χ0v) is 11.0. The SMILES string of the molecule is Fc1cc(I)cnc1-c1ccc(C(F)(F)F)cc1. The average molecular weight is 367 g/mol. The molecule has 0 atom stereocenters. The Morgan fingerprint density at radius 2 is 1.67 bits per heavy atom. The molecule has 0 amide bonds. The molecule has 0 saturated carbocycles. The molecule has 0 bridgehead atoms. The molecule has 0 N–H and O–H groups in total. The van der Waals surface area contributed by atoms with Crippen LogP contribution in [0.3, 0.4) is 0 Å². The summed E-state index contributed by atoms with van der Waals surface area (Å²) in [5.74, 6) is -0.554. The Bertz CT molecular complexity index is 563. The highest BCUT2D eigenvalue weighted by molar-refractivity contribution is 14.1. The first-order valence-corrected chi connectivity index (χ1v) is 5.94. The first-order valence-electron chi connectivity index (χ1n) is 4.86. The van der Waals surface area contributed by atoms with Crippen molar-refractivity contribution in [2.24, 2.45) is 0 Å². The molecule has 18 heavy (non-hydrogen) atoms. The summed E-state index contributed by atoms with van der Waals surface area (Å²) < 4.78 is 51.3. The number of benzene rings is 1. The molecule has 0 radical (unpaired) electrons. The van der Waals surface area contributed by atoms with Gasteiger partial charge in [0.2, 0.25) is 0 Å². The summed E-state index contributed by atoms with van der Waals surface area (Å²) in [7, 11) is 0. The number of aromatic nitrogens is 1. The monoisotopic (exact) mass is 367 g/mol. The van der Waals surface area contributed by atoms with E-state index in [1.165, 1.54) is 24.4 Å². The van der Waals surface area contributed by atoms with Crippen LogP contribution in [0.15, 0.2) is 36.5 Å². The fraction of sp³-hybridized carbons (Fsp3) is 0.0833. The molecule has 0 aliphatic rings. The minimum Gasteiger partial charge on any atom is -0.252 e. The molecule has 0 fully saturated rings. The van der Waals surface area contributed by atoms with Crippen LogP contribution in [0.5, 0.6) is 0 Å². The third-order valence-corrected chi connectivity index (χ3v) is 2.88. The Morgan fingerprint density at radius 3 is 2.17 bits per heavy atom. The van der Waals surface area contributed by atoms with Crippen LogP contribution in [0, 0.1) is 9.39 Å². The van der Waals surface area contributed by atoms with Gasteiger partial charge in [-0.15, -0.1) is 0 Å². The largest absolute Gasteiger partial charge is 0.416 e. The highest BCUT2D eigenvalue weighted by Gasteiger charge is 2.30. The summed E-state index contributed by atoms with van der Waals surface area (Å²) >= 11 is 1.91. The Morgan fingerprint density at radius 1 is 1.06 bits per heavy atom. The molecule has 0 aliphatic carbocycles. The minimum absolute atomic E-state index is 0.0455. The van der Waals surface area contributed by atoms with E-state index in [0.29, 0.717) is 9.13 Å². The standard InChI is InChI=1S/C12H6F4IN/c13-10-5-9(17)6-18-11(10)7-1-3-8(4-2-7)12(14,15)16/h1-6H. The second-order valence-corrected chi connectivity index (χ2v) is 4.80. The molecule has 94 valence electrons. The van der Waals surface area contributed by atoms with Crippen molar-refractivity contribution in [3.63, 3.8) is 0 Å². The zero-order valence-electron chi connectivity index (χ0n) is 8.80. The van der Waals surface area contributed by atoms with Gasteiger partial charge >= 0.3 is 6.18 Å². The molecule has 1 nitrogen and oxygen atoms in total. The highest BCUT2D eigenvalue weighted by atomic mass is 127. The normalized spacial score (nSPS) is 11.6. The van der Waals surface area contributed by atoms with Crippen molar-refractivity contribution in [3.8, 4) is 11.3 Å². The molecule has 6 heteroatoms. The molecular formula is C12H6F4IN. The van der Waals surface area contributed by atoms with E-state index in [4.69, 9.17) is 0 Å². The summed E-state index contributed by atoms with van der Waals surface area (Å²) in [5.41, 5.74) is -0.404. The van der Waals surface area contributed by atoms with Crippen molar-refractivity contribution in [3.05, 3.63) is 51.5 Å². The number of alkyl halides is 3.